The van der Waals surface area contributed by atoms with Crippen LogP contribution in [0.4, 0.5) is 0 Å². The van der Waals surface area contributed by atoms with Gasteiger partial charge in [0.1, 0.15) is 5.75 Å². The Morgan fingerprint density at radius 1 is 1.03 bits per heavy atom. The third-order valence-corrected chi connectivity index (χ3v) is 7.68. The zero-order valence-electron chi connectivity index (χ0n) is 17.2. The lowest BCUT2D eigenvalue weighted by Crippen LogP contribution is -2.48. The summed E-state index contributed by atoms with van der Waals surface area (Å²) in [7, 11) is 0. The van der Waals surface area contributed by atoms with E-state index in [9.17, 15) is 9.90 Å². The fraction of sp³-hybridized carbons (Fsp3) is 0.423. The fourth-order valence-corrected chi connectivity index (χ4v) is 6.90. The number of aliphatic carboxylic acids is 1. The number of carbonyl (C=O) groups is 1. The molecule has 0 spiro atoms. The Kier molecular flexibility index (Phi) is 4.70. The third-order valence-electron chi connectivity index (χ3n) is 7.68. The second-order valence-electron chi connectivity index (χ2n) is 9.72. The van der Waals surface area contributed by atoms with E-state index >= 15 is 0 Å². The van der Waals surface area contributed by atoms with Crippen molar-refractivity contribution < 1.29 is 15.0 Å². The van der Waals surface area contributed by atoms with Gasteiger partial charge in [-0.25, -0.2) is 4.79 Å². The molecule has 30 heavy (non-hydrogen) atoms. The van der Waals surface area contributed by atoms with Crippen molar-refractivity contribution in [2.24, 2.45) is 23.5 Å². The Labute approximate surface area is 177 Å². The number of carboxylic acid groups (broad SMARTS) is 1. The summed E-state index contributed by atoms with van der Waals surface area (Å²) < 4.78 is 0. The highest BCUT2D eigenvalue weighted by Crippen LogP contribution is 2.62. The molecule has 4 aliphatic carbocycles. The molecule has 2 aromatic rings. The second kappa shape index (κ2) is 7.28. The summed E-state index contributed by atoms with van der Waals surface area (Å²) in [4.78, 5) is 10.8. The average Bonchev–Trinajstić information content (AvgIpc) is 2.71. The minimum Gasteiger partial charge on any atom is -0.508 e. The predicted molar refractivity (Wildman–Crippen MR) is 118 cm³/mol. The molecule has 0 aromatic heterocycles. The Hall–Kier alpha value is -2.59. The highest BCUT2D eigenvalue weighted by Gasteiger charge is 2.52. The second-order valence-corrected chi connectivity index (χ2v) is 9.72. The summed E-state index contributed by atoms with van der Waals surface area (Å²) in [6.07, 6.45) is 10.5. The van der Waals surface area contributed by atoms with E-state index < -0.39 is 5.97 Å². The number of aromatic hydroxyl groups is 1. The average molecular weight is 404 g/mol. The number of hydrogen-bond acceptors (Lipinski definition) is 3. The van der Waals surface area contributed by atoms with Crippen molar-refractivity contribution in [2.45, 2.75) is 50.5 Å². The molecule has 0 saturated heterocycles. The molecule has 4 nitrogen and oxygen atoms in total. The lowest BCUT2D eigenvalue weighted by atomic mass is 9.48. The number of nitrogens with two attached hydrogens (primary N) is 1. The monoisotopic (exact) mass is 403 g/mol. The van der Waals surface area contributed by atoms with Crippen LogP contribution in [-0.4, -0.2) is 16.2 Å². The Morgan fingerprint density at radius 2 is 1.70 bits per heavy atom. The van der Waals surface area contributed by atoms with Gasteiger partial charge in [0, 0.05) is 18.2 Å². The summed E-state index contributed by atoms with van der Waals surface area (Å²) in [5.41, 5.74) is 11.2. The van der Waals surface area contributed by atoms with Crippen LogP contribution in [0.3, 0.4) is 0 Å². The molecule has 6 rings (SSSR count). The first kappa shape index (κ1) is 19.4. The minimum absolute atomic E-state index is 0.127. The molecule has 0 atom stereocenters. The predicted octanol–water partition coefficient (Wildman–Crippen LogP) is 5.08. The van der Waals surface area contributed by atoms with Gasteiger partial charge in [-0.2, -0.15) is 0 Å². The van der Waals surface area contributed by atoms with Crippen LogP contribution in [0.1, 0.15) is 55.2 Å². The number of phenolic OH excluding ortho intramolecular Hbond substituents is 1. The molecule has 0 unspecified atom stereocenters. The molecule has 4 N–H and O–H groups in total. The summed E-state index contributed by atoms with van der Waals surface area (Å²) in [5.74, 6) is 1.92. The number of hydrogen-bond donors (Lipinski definition) is 3. The smallest absolute Gasteiger partial charge is 0.328 e. The Morgan fingerprint density at radius 3 is 2.30 bits per heavy atom. The van der Waals surface area contributed by atoms with E-state index in [4.69, 9.17) is 10.8 Å². The van der Waals surface area contributed by atoms with Crippen LogP contribution in [-0.2, 0) is 16.8 Å². The van der Waals surface area contributed by atoms with Gasteiger partial charge in [-0.1, -0.05) is 18.2 Å². The molecule has 4 saturated carbocycles. The zero-order chi connectivity index (χ0) is 20.9. The van der Waals surface area contributed by atoms with Crippen molar-refractivity contribution in [1.29, 1.82) is 0 Å². The summed E-state index contributed by atoms with van der Waals surface area (Å²) in [6.45, 7) is 0.373. The van der Waals surface area contributed by atoms with Gasteiger partial charge in [-0.05, 0) is 108 Å². The lowest BCUT2D eigenvalue weighted by Gasteiger charge is -2.57. The molecular formula is C26H29NO3. The normalized spacial score (nSPS) is 29.6. The van der Waals surface area contributed by atoms with Crippen LogP contribution < -0.4 is 5.73 Å². The van der Waals surface area contributed by atoms with Gasteiger partial charge >= 0.3 is 5.97 Å². The van der Waals surface area contributed by atoms with Crippen molar-refractivity contribution in [3.8, 4) is 16.9 Å². The van der Waals surface area contributed by atoms with Crippen molar-refractivity contribution in [3.63, 3.8) is 0 Å². The maximum atomic E-state index is 10.8. The molecule has 4 aliphatic rings. The first-order valence-corrected chi connectivity index (χ1v) is 11.0. The van der Waals surface area contributed by atoms with E-state index in [-0.39, 0.29) is 5.41 Å². The maximum Gasteiger partial charge on any atom is 0.328 e. The quantitative estimate of drug-likeness (QED) is 0.608. The number of phenols is 1. The van der Waals surface area contributed by atoms with Crippen LogP contribution in [0, 0.1) is 17.8 Å². The topological polar surface area (TPSA) is 83.6 Å². The van der Waals surface area contributed by atoms with E-state index in [1.54, 1.807) is 6.08 Å². The Balaban J connectivity index is 1.53. The number of rotatable bonds is 5. The molecule has 4 bridgehead atoms. The SMILES string of the molecule is NCc1cc(C=CC(=O)O)ccc1-c1ccc(O)c(C23CC4CC(CC(C4)C2)C3)c1. The lowest BCUT2D eigenvalue weighted by molar-refractivity contribution is -0.131. The van der Waals surface area contributed by atoms with E-state index in [1.165, 1.54) is 38.5 Å². The van der Waals surface area contributed by atoms with Crippen LogP contribution in [0.25, 0.3) is 17.2 Å². The summed E-state index contributed by atoms with van der Waals surface area (Å²) in [6, 6.07) is 11.9. The standard InChI is InChI=1S/C26H29NO3/c27-15-21-10-16(2-6-25(29)30)1-4-22(21)20-3-5-24(28)23(11-20)26-12-17-7-18(13-26)9-19(8-17)14-26/h1-6,10-11,17-19,28H,7-9,12-15,27H2,(H,29,30). The highest BCUT2D eigenvalue weighted by atomic mass is 16.4. The van der Waals surface area contributed by atoms with Crippen LogP contribution in [0.2, 0.25) is 0 Å². The molecule has 0 amide bonds. The molecule has 156 valence electrons. The molecule has 4 heteroatoms. The summed E-state index contributed by atoms with van der Waals surface area (Å²) >= 11 is 0. The van der Waals surface area contributed by atoms with Gasteiger partial charge in [0.05, 0.1) is 0 Å². The van der Waals surface area contributed by atoms with Crippen molar-refractivity contribution in [2.75, 3.05) is 0 Å². The van der Waals surface area contributed by atoms with Gasteiger partial charge < -0.3 is 15.9 Å². The highest BCUT2D eigenvalue weighted by molar-refractivity contribution is 5.85. The first-order valence-electron chi connectivity index (χ1n) is 11.0. The largest absolute Gasteiger partial charge is 0.508 e. The van der Waals surface area contributed by atoms with E-state index in [1.807, 2.05) is 30.3 Å². The van der Waals surface area contributed by atoms with Crippen LogP contribution >= 0.6 is 0 Å². The van der Waals surface area contributed by atoms with Gasteiger partial charge in [-0.3, -0.25) is 0 Å². The molecule has 0 radical (unpaired) electrons. The van der Waals surface area contributed by atoms with Gasteiger partial charge in [0.25, 0.3) is 0 Å². The Bertz CT molecular complexity index is 988. The van der Waals surface area contributed by atoms with Crippen LogP contribution in [0.15, 0.2) is 42.5 Å². The molecule has 4 fully saturated rings. The van der Waals surface area contributed by atoms with Gasteiger partial charge in [-0.15, -0.1) is 0 Å². The maximum absolute atomic E-state index is 10.8. The molecule has 0 heterocycles. The van der Waals surface area contributed by atoms with E-state index in [2.05, 4.69) is 6.07 Å². The third kappa shape index (κ3) is 3.33. The molecule has 0 aliphatic heterocycles. The molecule has 2 aromatic carbocycles. The van der Waals surface area contributed by atoms with Crippen molar-refractivity contribution in [3.05, 3.63) is 59.2 Å². The van der Waals surface area contributed by atoms with E-state index in [0.29, 0.717) is 12.3 Å². The van der Waals surface area contributed by atoms with Gasteiger partial charge in [0.2, 0.25) is 0 Å². The molecular weight excluding hydrogens is 374 g/mol. The number of benzene rings is 2. The van der Waals surface area contributed by atoms with Crippen molar-refractivity contribution >= 4 is 12.0 Å². The first-order chi connectivity index (χ1) is 14.5. The van der Waals surface area contributed by atoms with E-state index in [0.717, 1.165) is 51.6 Å². The minimum atomic E-state index is -0.966. The zero-order valence-corrected chi connectivity index (χ0v) is 17.2. The van der Waals surface area contributed by atoms with Crippen molar-refractivity contribution in [1.82, 2.24) is 0 Å². The summed E-state index contributed by atoms with van der Waals surface area (Å²) in [5, 5.41) is 19.7. The van der Waals surface area contributed by atoms with Gasteiger partial charge in [0.15, 0.2) is 0 Å². The fourth-order valence-electron chi connectivity index (χ4n) is 6.90. The number of carboxylic acids is 1. The van der Waals surface area contributed by atoms with Crippen LogP contribution in [0.5, 0.6) is 5.75 Å².